The van der Waals surface area contributed by atoms with E-state index in [0.717, 1.165) is 12.1 Å². The van der Waals surface area contributed by atoms with Gasteiger partial charge in [-0.3, -0.25) is 9.59 Å². The van der Waals surface area contributed by atoms with E-state index in [9.17, 15) is 27.9 Å². The largest absolute Gasteiger partial charge is 0.416 e. The first-order chi connectivity index (χ1) is 10.7. The number of hydrogen-bond donors (Lipinski definition) is 1. The maximum Gasteiger partial charge on any atom is 0.416 e. The molecule has 2 aliphatic rings. The predicted molar refractivity (Wildman–Crippen MR) is 75.6 cm³/mol. The SMILES string of the molecule is O=C1CC[C@]2(Cc3ccc(C(F)(F)F)cc3)C(=O)CC[C@]2(O)C1. The Morgan fingerprint density at radius 2 is 1.70 bits per heavy atom. The van der Waals surface area contributed by atoms with E-state index >= 15 is 0 Å². The molecule has 1 aromatic rings. The monoisotopic (exact) mass is 326 g/mol. The fourth-order valence-corrected chi connectivity index (χ4v) is 3.97. The molecule has 23 heavy (non-hydrogen) atoms. The highest BCUT2D eigenvalue weighted by Crippen LogP contribution is 2.54. The third kappa shape index (κ3) is 2.59. The average Bonchev–Trinajstić information content (AvgIpc) is 2.71. The van der Waals surface area contributed by atoms with Gasteiger partial charge in [-0.15, -0.1) is 0 Å². The second-order valence-corrected chi connectivity index (χ2v) is 6.62. The number of rotatable bonds is 2. The summed E-state index contributed by atoms with van der Waals surface area (Å²) in [5.74, 6) is -0.155. The minimum absolute atomic E-state index is 0.0423. The molecule has 2 aliphatic carbocycles. The van der Waals surface area contributed by atoms with Crippen molar-refractivity contribution in [1.82, 2.24) is 0 Å². The van der Waals surface area contributed by atoms with Gasteiger partial charge >= 0.3 is 6.18 Å². The van der Waals surface area contributed by atoms with Crippen LogP contribution in [0.4, 0.5) is 13.2 Å². The minimum Gasteiger partial charge on any atom is -0.388 e. The lowest BCUT2D eigenvalue weighted by Gasteiger charge is -2.44. The number of aliphatic hydroxyl groups is 1. The van der Waals surface area contributed by atoms with Crippen molar-refractivity contribution in [1.29, 1.82) is 0 Å². The van der Waals surface area contributed by atoms with Crippen molar-refractivity contribution < 1.29 is 27.9 Å². The maximum atomic E-state index is 12.6. The molecule has 0 unspecified atom stereocenters. The quantitative estimate of drug-likeness (QED) is 0.909. The second kappa shape index (κ2) is 5.16. The fourth-order valence-electron chi connectivity index (χ4n) is 3.97. The number of Topliss-reactive ketones (excluding diaryl/α,β-unsaturated/α-hetero) is 2. The van der Waals surface area contributed by atoms with Crippen LogP contribution < -0.4 is 0 Å². The molecule has 0 radical (unpaired) electrons. The number of hydrogen-bond acceptors (Lipinski definition) is 3. The average molecular weight is 326 g/mol. The first-order valence-electron chi connectivity index (χ1n) is 7.60. The molecule has 0 saturated heterocycles. The number of carbonyl (C=O) groups is 2. The zero-order valence-electron chi connectivity index (χ0n) is 12.4. The molecule has 0 aliphatic heterocycles. The molecule has 0 heterocycles. The van der Waals surface area contributed by atoms with Crippen LogP contribution in [-0.4, -0.2) is 22.3 Å². The number of benzene rings is 1. The molecular formula is C17H17F3O3. The molecule has 3 rings (SSSR count). The molecule has 0 bridgehead atoms. The Labute approximate surface area is 131 Å². The standard InChI is InChI=1S/C17H17F3O3/c18-17(19,20)12-3-1-11(2-4-12)9-15-7-5-13(21)10-16(15,23)8-6-14(15)22/h1-4,23H,5-10H2/t15-,16-/m0/s1. The van der Waals surface area contributed by atoms with Crippen LogP contribution in [-0.2, 0) is 22.2 Å². The maximum absolute atomic E-state index is 12.6. The Morgan fingerprint density at radius 1 is 1.04 bits per heavy atom. The van der Waals surface area contributed by atoms with Crippen molar-refractivity contribution in [3.05, 3.63) is 35.4 Å². The van der Waals surface area contributed by atoms with E-state index in [1.165, 1.54) is 12.1 Å². The van der Waals surface area contributed by atoms with Gasteiger partial charge in [0.25, 0.3) is 0 Å². The molecule has 0 spiro atoms. The lowest BCUT2D eigenvalue weighted by Crippen LogP contribution is -2.53. The van der Waals surface area contributed by atoms with Crippen LogP contribution in [0.5, 0.6) is 0 Å². The summed E-state index contributed by atoms with van der Waals surface area (Å²) < 4.78 is 37.9. The van der Waals surface area contributed by atoms with E-state index in [0.29, 0.717) is 5.56 Å². The van der Waals surface area contributed by atoms with E-state index < -0.39 is 22.8 Å². The van der Waals surface area contributed by atoms with Gasteiger partial charge in [0, 0.05) is 19.3 Å². The Hall–Kier alpha value is -1.69. The number of fused-ring (bicyclic) bond motifs is 1. The van der Waals surface area contributed by atoms with Crippen LogP contribution in [0.2, 0.25) is 0 Å². The van der Waals surface area contributed by atoms with Crippen LogP contribution in [0.1, 0.15) is 43.2 Å². The Morgan fingerprint density at radius 3 is 2.30 bits per heavy atom. The van der Waals surface area contributed by atoms with Gasteiger partial charge in [-0.1, -0.05) is 12.1 Å². The summed E-state index contributed by atoms with van der Waals surface area (Å²) in [6, 6.07) is 4.66. The highest BCUT2D eigenvalue weighted by molar-refractivity contribution is 5.93. The fraction of sp³-hybridized carbons (Fsp3) is 0.529. The highest BCUT2D eigenvalue weighted by atomic mass is 19.4. The van der Waals surface area contributed by atoms with Gasteiger partial charge < -0.3 is 5.11 Å². The summed E-state index contributed by atoms with van der Waals surface area (Å²) in [7, 11) is 0. The Bertz CT molecular complexity index is 650. The topological polar surface area (TPSA) is 54.4 Å². The second-order valence-electron chi connectivity index (χ2n) is 6.62. The molecule has 2 fully saturated rings. The van der Waals surface area contributed by atoms with Crippen molar-refractivity contribution in [3.63, 3.8) is 0 Å². The molecule has 0 amide bonds. The van der Waals surface area contributed by atoms with Gasteiger partial charge in [0.2, 0.25) is 0 Å². The molecule has 2 saturated carbocycles. The Kier molecular flexibility index (Phi) is 3.63. The van der Waals surface area contributed by atoms with Crippen LogP contribution in [0.15, 0.2) is 24.3 Å². The minimum atomic E-state index is -4.40. The number of ketones is 2. The van der Waals surface area contributed by atoms with E-state index in [2.05, 4.69) is 0 Å². The summed E-state index contributed by atoms with van der Waals surface area (Å²) in [6.45, 7) is 0. The molecule has 1 aromatic carbocycles. The highest BCUT2D eigenvalue weighted by Gasteiger charge is 2.61. The van der Waals surface area contributed by atoms with Crippen molar-refractivity contribution in [2.45, 2.75) is 50.3 Å². The van der Waals surface area contributed by atoms with Crippen molar-refractivity contribution in [2.24, 2.45) is 5.41 Å². The van der Waals surface area contributed by atoms with Crippen molar-refractivity contribution >= 4 is 11.6 Å². The number of carbonyl (C=O) groups excluding carboxylic acids is 2. The third-order valence-corrected chi connectivity index (χ3v) is 5.30. The van der Waals surface area contributed by atoms with Crippen LogP contribution in [0, 0.1) is 5.41 Å². The summed E-state index contributed by atoms with van der Waals surface area (Å²) in [6.07, 6.45) is -3.31. The first-order valence-corrected chi connectivity index (χ1v) is 7.60. The summed E-state index contributed by atoms with van der Waals surface area (Å²) in [5.41, 5.74) is -2.57. The zero-order valence-corrected chi connectivity index (χ0v) is 12.4. The van der Waals surface area contributed by atoms with Crippen molar-refractivity contribution in [2.75, 3.05) is 0 Å². The van der Waals surface area contributed by atoms with E-state index in [4.69, 9.17) is 0 Å². The van der Waals surface area contributed by atoms with Crippen LogP contribution in [0.25, 0.3) is 0 Å². The van der Waals surface area contributed by atoms with Gasteiger partial charge in [-0.2, -0.15) is 13.2 Å². The molecule has 2 atom stereocenters. The lowest BCUT2D eigenvalue weighted by molar-refractivity contribution is -0.151. The zero-order chi connectivity index (χ0) is 16.9. The molecule has 0 aromatic heterocycles. The molecule has 1 N–H and O–H groups in total. The van der Waals surface area contributed by atoms with Gasteiger partial charge in [0.05, 0.1) is 16.6 Å². The number of halogens is 3. The first kappa shape index (κ1) is 16.2. The van der Waals surface area contributed by atoms with E-state index in [1.807, 2.05) is 0 Å². The molecular weight excluding hydrogens is 309 g/mol. The van der Waals surface area contributed by atoms with Crippen molar-refractivity contribution in [3.8, 4) is 0 Å². The summed E-state index contributed by atoms with van der Waals surface area (Å²) in [4.78, 5) is 24.1. The smallest absolute Gasteiger partial charge is 0.388 e. The predicted octanol–water partition coefficient (Wildman–Crippen LogP) is 3.08. The summed E-state index contributed by atoms with van der Waals surface area (Å²) >= 11 is 0. The van der Waals surface area contributed by atoms with Gasteiger partial charge in [0.1, 0.15) is 11.6 Å². The third-order valence-electron chi connectivity index (χ3n) is 5.30. The van der Waals surface area contributed by atoms with E-state index in [1.54, 1.807) is 0 Å². The van der Waals surface area contributed by atoms with Gasteiger partial charge in [0.15, 0.2) is 0 Å². The molecule has 3 nitrogen and oxygen atoms in total. The lowest BCUT2D eigenvalue weighted by atomic mass is 9.61. The Balaban J connectivity index is 1.90. The van der Waals surface area contributed by atoms with E-state index in [-0.39, 0.29) is 50.1 Å². The number of alkyl halides is 3. The van der Waals surface area contributed by atoms with Crippen LogP contribution >= 0.6 is 0 Å². The van der Waals surface area contributed by atoms with Crippen LogP contribution in [0.3, 0.4) is 0 Å². The molecule has 6 heteroatoms. The summed E-state index contributed by atoms with van der Waals surface area (Å²) in [5, 5.41) is 10.8. The van der Waals surface area contributed by atoms with Gasteiger partial charge in [-0.25, -0.2) is 0 Å². The molecule has 124 valence electrons. The van der Waals surface area contributed by atoms with Gasteiger partial charge in [-0.05, 0) is 37.0 Å². The normalized spacial score (nSPS) is 31.3.